The van der Waals surface area contributed by atoms with Gasteiger partial charge in [0.05, 0.1) is 0 Å². The average molecular weight is 205 g/mol. The molecule has 1 aromatic rings. The van der Waals surface area contributed by atoms with E-state index < -0.39 is 0 Å². The first-order chi connectivity index (χ1) is 7.34. The highest BCUT2D eigenvalue weighted by molar-refractivity contribution is 5.18. The molecule has 1 nitrogen and oxygen atoms in total. The van der Waals surface area contributed by atoms with Gasteiger partial charge in [0.1, 0.15) is 0 Å². The van der Waals surface area contributed by atoms with Crippen LogP contribution >= 0.6 is 0 Å². The summed E-state index contributed by atoms with van der Waals surface area (Å²) in [5.74, 6) is 0. The topological polar surface area (TPSA) is 26.0 Å². The summed E-state index contributed by atoms with van der Waals surface area (Å²) in [7, 11) is 0. The summed E-state index contributed by atoms with van der Waals surface area (Å²) in [6.45, 7) is 2.25. The molecule has 2 N–H and O–H groups in total. The maximum atomic E-state index is 6.11. The molecule has 0 bridgehead atoms. The van der Waals surface area contributed by atoms with Crippen LogP contribution in [0.4, 0.5) is 0 Å². The molecule has 0 saturated carbocycles. The predicted octanol–water partition coefficient (Wildman–Crippen LogP) is 4.05. The van der Waals surface area contributed by atoms with Crippen LogP contribution in [0.15, 0.2) is 30.3 Å². The molecular formula is C14H23N. The first kappa shape index (κ1) is 12.3. The summed E-state index contributed by atoms with van der Waals surface area (Å²) in [5, 5.41) is 0. The summed E-state index contributed by atoms with van der Waals surface area (Å²) in [6.07, 6.45) is 7.74. The van der Waals surface area contributed by atoms with Crippen molar-refractivity contribution in [2.24, 2.45) is 5.73 Å². The van der Waals surface area contributed by atoms with Crippen LogP contribution in [0.25, 0.3) is 0 Å². The SMILES string of the molecule is CCCCCCCC(N)c1ccccc1. The van der Waals surface area contributed by atoms with Gasteiger partial charge in [-0.25, -0.2) is 0 Å². The molecule has 1 atom stereocenters. The maximum Gasteiger partial charge on any atom is 0.0294 e. The summed E-state index contributed by atoms with van der Waals surface area (Å²) in [4.78, 5) is 0. The van der Waals surface area contributed by atoms with Crippen molar-refractivity contribution in [1.29, 1.82) is 0 Å². The van der Waals surface area contributed by atoms with Gasteiger partial charge < -0.3 is 5.73 Å². The van der Waals surface area contributed by atoms with Crippen LogP contribution in [-0.2, 0) is 0 Å². The van der Waals surface area contributed by atoms with Crippen molar-refractivity contribution in [3.8, 4) is 0 Å². The molecule has 15 heavy (non-hydrogen) atoms. The van der Waals surface area contributed by atoms with Crippen LogP contribution in [-0.4, -0.2) is 0 Å². The minimum absolute atomic E-state index is 0.229. The first-order valence-electron chi connectivity index (χ1n) is 6.15. The number of hydrogen-bond donors (Lipinski definition) is 1. The van der Waals surface area contributed by atoms with Gasteiger partial charge in [0.25, 0.3) is 0 Å². The van der Waals surface area contributed by atoms with Gasteiger partial charge >= 0.3 is 0 Å². The van der Waals surface area contributed by atoms with Crippen molar-refractivity contribution in [3.63, 3.8) is 0 Å². The number of nitrogens with two attached hydrogens (primary N) is 1. The first-order valence-corrected chi connectivity index (χ1v) is 6.15. The molecule has 0 spiro atoms. The zero-order valence-corrected chi connectivity index (χ0v) is 9.78. The Balaban J connectivity index is 2.16. The van der Waals surface area contributed by atoms with E-state index in [1.165, 1.54) is 37.7 Å². The standard InChI is InChI=1S/C14H23N/c1-2-3-4-5-9-12-14(15)13-10-7-6-8-11-13/h6-8,10-11,14H,2-5,9,12,15H2,1H3. The lowest BCUT2D eigenvalue weighted by Crippen LogP contribution is -2.09. The summed E-state index contributed by atoms with van der Waals surface area (Å²) < 4.78 is 0. The number of hydrogen-bond acceptors (Lipinski definition) is 1. The number of benzene rings is 1. The highest BCUT2D eigenvalue weighted by Crippen LogP contribution is 2.17. The van der Waals surface area contributed by atoms with E-state index in [1.54, 1.807) is 0 Å². The molecule has 0 aliphatic rings. The van der Waals surface area contributed by atoms with E-state index in [-0.39, 0.29) is 6.04 Å². The second-order valence-electron chi connectivity index (χ2n) is 4.22. The fraction of sp³-hybridized carbons (Fsp3) is 0.571. The van der Waals surface area contributed by atoms with Gasteiger partial charge in [-0.3, -0.25) is 0 Å². The van der Waals surface area contributed by atoms with Crippen molar-refractivity contribution in [2.45, 2.75) is 51.5 Å². The average Bonchev–Trinajstić information content (AvgIpc) is 2.30. The second-order valence-corrected chi connectivity index (χ2v) is 4.22. The Morgan fingerprint density at radius 2 is 1.67 bits per heavy atom. The molecular weight excluding hydrogens is 182 g/mol. The van der Waals surface area contributed by atoms with Crippen molar-refractivity contribution < 1.29 is 0 Å². The quantitative estimate of drug-likeness (QED) is 0.668. The van der Waals surface area contributed by atoms with Crippen LogP contribution in [0.5, 0.6) is 0 Å². The normalized spacial score (nSPS) is 12.7. The second kappa shape index (κ2) is 7.47. The van der Waals surface area contributed by atoms with Gasteiger partial charge in [-0.2, -0.15) is 0 Å². The van der Waals surface area contributed by atoms with E-state index in [4.69, 9.17) is 5.73 Å². The van der Waals surface area contributed by atoms with Gasteiger partial charge in [0.15, 0.2) is 0 Å². The fourth-order valence-corrected chi connectivity index (χ4v) is 1.83. The molecule has 0 saturated heterocycles. The molecule has 1 rings (SSSR count). The molecule has 0 fully saturated rings. The molecule has 0 heterocycles. The fourth-order valence-electron chi connectivity index (χ4n) is 1.83. The van der Waals surface area contributed by atoms with Crippen molar-refractivity contribution in [1.82, 2.24) is 0 Å². The Labute approximate surface area is 93.7 Å². The Hall–Kier alpha value is -0.820. The lowest BCUT2D eigenvalue weighted by Gasteiger charge is -2.11. The molecule has 0 aliphatic carbocycles. The van der Waals surface area contributed by atoms with Crippen LogP contribution in [0.2, 0.25) is 0 Å². The summed E-state index contributed by atoms with van der Waals surface area (Å²) >= 11 is 0. The van der Waals surface area contributed by atoms with E-state index in [2.05, 4.69) is 31.2 Å². The van der Waals surface area contributed by atoms with Crippen LogP contribution in [0, 0.1) is 0 Å². The molecule has 0 aromatic heterocycles. The minimum atomic E-state index is 0.229. The minimum Gasteiger partial charge on any atom is -0.324 e. The summed E-state index contributed by atoms with van der Waals surface area (Å²) in [5.41, 5.74) is 7.38. The van der Waals surface area contributed by atoms with Crippen molar-refractivity contribution >= 4 is 0 Å². The van der Waals surface area contributed by atoms with E-state index in [1.807, 2.05) is 6.07 Å². The molecule has 84 valence electrons. The van der Waals surface area contributed by atoms with E-state index in [9.17, 15) is 0 Å². The van der Waals surface area contributed by atoms with E-state index in [0.29, 0.717) is 0 Å². The van der Waals surface area contributed by atoms with E-state index in [0.717, 1.165) is 6.42 Å². The Morgan fingerprint density at radius 1 is 1.00 bits per heavy atom. The smallest absolute Gasteiger partial charge is 0.0294 e. The predicted molar refractivity (Wildman–Crippen MR) is 66.7 cm³/mol. The van der Waals surface area contributed by atoms with Gasteiger partial charge in [-0.05, 0) is 12.0 Å². The molecule has 1 aromatic carbocycles. The van der Waals surface area contributed by atoms with Gasteiger partial charge in [-0.1, -0.05) is 69.4 Å². The third-order valence-electron chi connectivity index (χ3n) is 2.85. The van der Waals surface area contributed by atoms with Crippen LogP contribution < -0.4 is 5.73 Å². The van der Waals surface area contributed by atoms with E-state index >= 15 is 0 Å². The van der Waals surface area contributed by atoms with Crippen LogP contribution in [0.1, 0.15) is 57.1 Å². The van der Waals surface area contributed by atoms with Crippen LogP contribution in [0.3, 0.4) is 0 Å². The monoisotopic (exact) mass is 205 g/mol. The zero-order valence-electron chi connectivity index (χ0n) is 9.78. The third-order valence-corrected chi connectivity index (χ3v) is 2.85. The van der Waals surface area contributed by atoms with Gasteiger partial charge in [0.2, 0.25) is 0 Å². The van der Waals surface area contributed by atoms with Gasteiger partial charge in [0, 0.05) is 6.04 Å². The third kappa shape index (κ3) is 4.98. The Morgan fingerprint density at radius 3 is 2.33 bits per heavy atom. The molecule has 0 aliphatic heterocycles. The lowest BCUT2D eigenvalue weighted by molar-refractivity contribution is 0.555. The Bertz CT molecular complexity index is 243. The number of rotatable bonds is 7. The summed E-state index contributed by atoms with van der Waals surface area (Å²) in [6, 6.07) is 10.6. The highest BCUT2D eigenvalue weighted by Gasteiger charge is 2.03. The Kier molecular flexibility index (Phi) is 6.10. The maximum absolute atomic E-state index is 6.11. The molecule has 0 amide bonds. The largest absolute Gasteiger partial charge is 0.324 e. The highest BCUT2D eigenvalue weighted by atomic mass is 14.6. The van der Waals surface area contributed by atoms with Crippen molar-refractivity contribution in [2.75, 3.05) is 0 Å². The van der Waals surface area contributed by atoms with Crippen molar-refractivity contribution in [3.05, 3.63) is 35.9 Å². The molecule has 1 unspecified atom stereocenters. The zero-order chi connectivity index (χ0) is 10.9. The lowest BCUT2D eigenvalue weighted by atomic mass is 10.0. The molecule has 1 heteroatoms. The number of unbranched alkanes of at least 4 members (excludes halogenated alkanes) is 4. The van der Waals surface area contributed by atoms with Gasteiger partial charge in [-0.15, -0.1) is 0 Å². The molecule has 0 radical (unpaired) electrons.